The molecule has 1 heterocycles. The lowest BCUT2D eigenvalue weighted by atomic mass is 9.72. The Labute approximate surface area is 205 Å². The van der Waals surface area contributed by atoms with E-state index >= 15 is 0 Å². The zero-order valence-corrected chi connectivity index (χ0v) is 20.4. The SMILES string of the molecule is Brc1ccc(C2(c3ccc(Br)cc3)C=C(c3ccccc3)OC(c3ccccc3)=C2)cc1. The summed E-state index contributed by atoms with van der Waals surface area (Å²) in [7, 11) is 0. The topological polar surface area (TPSA) is 9.23 Å². The Kier molecular flexibility index (Phi) is 5.86. The van der Waals surface area contributed by atoms with Crippen molar-refractivity contribution < 1.29 is 4.74 Å². The summed E-state index contributed by atoms with van der Waals surface area (Å²) in [5.41, 5.74) is 3.96. The molecule has 0 bridgehead atoms. The maximum Gasteiger partial charge on any atom is 0.132 e. The summed E-state index contributed by atoms with van der Waals surface area (Å²) in [6, 6.07) is 37.7. The predicted molar refractivity (Wildman–Crippen MR) is 139 cm³/mol. The van der Waals surface area contributed by atoms with E-state index in [1.54, 1.807) is 0 Å². The Morgan fingerprint density at radius 2 is 0.844 bits per heavy atom. The minimum Gasteiger partial charge on any atom is -0.457 e. The largest absolute Gasteiger partial charge is 0.457 e. The van der Waals surface area contributed by atoms with Gasteiger partial charge in [0.1, 0.15) is 11.5 Å². The molecular formula is C29H20Br2O. The Balaban J connectivity index is 1.80. The van der Waals surface area contributed by atoms with Crippen molar-refractivity contribution in [2.45, 2.75) is 5.41 Å². The molecule has 0 N–H and O–H groups in total. The molecule has 0 saturated carbocycles. The van der Waals surface area contributed by atoms with Crippen LogP contribution in [0.25, 0.3) is 11.5 Å². The fourth-order valence-corrected chi connectivity index (χ4v) is 4.60. The van der Waals surface area contributed by atoms with Gasteiger partial charge in [-0.3, -0.25) is 0 Å². The number of allylic oxidation sites excluding steroid dienone is 2. The maximum atomic E-state index is 6.51. The van der Waals surface area contributed by atoms with Crippen molar-refractivity contribution in [1.29, 1.82) is 0 Å². The molecule has 0 fully saturated rings. The van der Waals surface area contributed by atoms with E-state index in [1.807, 2.05) is 36.4 Å². The number of hydrogen-bond acceptors (Lipinski definition) is 1. The summed E-state index contributed by atoms with van der Waals surface area (Å²) in [6.45, 7) is 0. The first kappa shape index (κ1) is 21.0. The van der Waals surface area contributed by atoms with Crippen LogP contribution in [0.5, 0.6) is 0 Å². The van der Waals surface area contributed by atoms with Gasteiger partial charge in [0.15, 0.2) is 0 Å². The van der Waals surface area contributed by atoms with Crippen LogP contribution in [-0.2, 0) is 10.2 Å². The van der Waals surface area contributed by atoms with E-state index in [2.05, 4.69) is 117 Å². The highest BCUT2D eigenvalue weighted by atomic mass is 79.9. The van der Waals surface area contributed by atoms with Crippen molar-refractivity contribution in [3.05, 3.63) is 153 Å². The van der Waals surface area contributed by atoms with E-state index in [9.17, 15) is 0 Å². The molecule has 4 aromatic rings. The van der Waals surface area contributed by atoms with Crippen molar-refractivity contribution in [2.75, 3.05) is 0 Å². The molecule has 0 radical (unpaired) electrons. The van der Waals surface area contributed by atoms with Crippen molar-refractivity contribution in [3.8, 4) is 0 Å². The molecule has 0 aliphatic carbocycles. The molecule has 4 aromatic carbocycles. The van der Waals surface area contributed by atoms with Gasteiger partial charge in [0.05, 0.1) is 5.41 Å². The zero-order chi connectivity index (χ0) is 22.0. The van der Waals surface area contributed by atoms with Gasteiger partial charge in [0, 0.05) is 20.1 Å². The summed E-state index contributed by atoms with van der Waals surface area (Å²) < 4.78 is 8.62. The summed E-state index contributed by atoms with van der Waals surface area (Å²) in [4.78, 5) is 0. The molecule has 5 rings (SSSR count). The van der Waals surface area contributed by atoms with Gasteiger partial charge in [-0.15, -0.1) is 0 Å². The zero-order valence-electron chi connectivity index (χ0n) is 17.2. The van der Waals surface area contributed by atoms with Gasteiger partial charge < -0.3 is 4.74 Å². The number of ether oxygens (including phenoxy) is 1. The van der Waals surface area contributed by atoms with Crippen LogP contribution in [0.15, 0.2) is 130 Å². The minimum absolute atomic E-state index is 0.490. The highest BCUT2D eigenvalue weighted by Gasteiger charge is 2.36. The van der Waals surface area contributed by atoms with Crippen LogP contribution < -0.4 is 0 Å². The van der Waals surface area contributed by atoms with Crippen molar-refractivity contribution in [1.82, 2.24) is 0 Å². The first-order chi connectivity index (χ1) is 15.6. The Morgan fingerprint density at radius 3 is 1.22 bits per heavy atom. The average Bonchev–Trinajstić information content (AvgIpc) is 2.85. The fourth-order valence-electron chi connectivity index (χ4n) is 4.07. The second kappa shape index (κ2) is 8.93. The Hall–Kier alpha value is -2.88. The fraction of sp³-hybridized carbons (Fsp3) is 0.0345. The van der Waals surface area contributed by atoms with Crippen molar-refractivity contribution in [3.63, 3.8) is 0 Å². The van der Waals surface area contributed by atoms with Gasteiger partial charge in [0.25, 0.3) is 0 Å². The van der Waals surface area contributed by atoms with E-state index in [1.165, 1.54) is 11.1 Å². The van der Waals surface area contributed by atoms with E-state index in [-0.39, 0.29) is 0 Å². The van der Waals surface area contributed by atoms with Crippen LogP contribution in [0.3, 0.4) is 0 Å². The van der Waals surface area contributed by atoms with Crippen LogP contribution in [0.2, 0.25) is 0 Å². The van der Waals surface area contributed by atoms with Crippen molar-refractivity contribution in [2.24, 2.45) is 0 Å². The molecule has 0 spiro atoms. The third-order valence-electron chi connectivity index (χ3n) is 5.70. The summed E-state index contributed by atoms with van der Waals surface area (Å²) in [5.74, 6) is 1.69. The molecule has 1 nitrogen and oxygen atoms in total. The third-order valence-corrected chi connectivity index (χ3v) is 6.76. The van der Waals surface area contributed by atoms with E-state index in [0.29, 0.717) is 0 Å². The second-order valence-corrected chi connectivity index (χ2v) is 9.57. The van der Waals surface area contributed by atoms with Gasteiger partial charge in [-0.25, -0.2) is 0 Å². The standard InChI is InChI=1S/C29H20Br2O/c30-25-15-11-23(12-16-25)29(24-13-17-26(31)18-14-24)19-27(21-7-3-1-4-8-21)32-28(20-29)22-9-5-2-6-10-22/h1-20H. The van der Waals surface area contributed by atoms with Gasteiger partial charge in [-0.2, -0.15) is 0 Å². The van der Waals surface area contributed by atoms with E-state index in [0.717, 1.165) is 31.6 Å². The van der Waals surface area contributed by atoms with Crippen LogP contribution in [0, 0.1) is 0 Å². The molecular weight excluding hydrogens is 524 g/mol. The van der Waals surface area contributed by atoms with E-state index in [4.69, 9.17) is 4.74 Å². The highest BCUT2D eigenvalue weighted by molar-refractivity contribution is 9.10. The molecule has 0 aromatic heterocycles. The highest BCUT2D eigenvalue weighted by Crippen LogP contribution is 2.45. The normalized spacial score (nSPS) is 14.8. The molecule has 3 heteroatoms. The predicted octanol–water partition coefficient (Wildman–Crippen LogP) is 8.61. The second-order valence-electron chi connectivity index (χ2n) is 7.73. The first-order valence-corrected chi connectivity index (χ1v) is 12.0. The lowest BCUT2D eigenvalue weighted by Crippen LogP contribution is -2.26. The molecule has 1 aliphatic rings. The first-order valence-electron chi connectivity index (χ1n) is 10.4. The van der Waals surface area contributed by atoms with E-state index < -0.39 is 5.41 Å². The van der Waals surface area contributed by atoms with Crippen LogP contribution in [-0.4, -0.2) is 0 Å². The van der Waals surface area contributed by atoms with Gasteiger partial charge >= 0.3 is 0 Å². The average molecular weight is 544 g/mol. The molecule has 156 valence electrons. The Bertz CT molecular complexity index is 1170. The third kappa shape index (κ3) is 4.11. The van der Waals surface area contributed by atoms with Crippen LogP contribution in [0.1, 0.15) is 22.3 Å². The summed E-state index contributed by atoms with van der Waals surface area (Å²) in [6.07, 6.45) is 4.47. The van der Waals surface area contributed by atoms with Crippen LogP contribution >= 0.6 is 31.9 Å². The van der Waals surface area contributed by atoms with Gasteiger partial charge in [-0.1, -0.05) is 117 Å². The molecule has 0 amide bonds. The number of hydrogen-bond donors (Lipinski definition) is 0. The molecule has 1 aliphatic heterocycles. The maximum absolute atomic E-state index is 6.51. The molecule has 0 atom stereocenters. The summed E-state index contributed by atoms with van der Waals surface area (Å²) >= 11 is 7.18. The lowest BCUT2D eigenvalue weighted by molar-refractivity contribution is 0.450. The Morgan fingerprint density at radius 1 is 0.469 bits per heavy atom. The quantitative estimate of drug-likeness (QED) is 0.250. The minimum atomic E-state index is -0.490. The number of benzene rings is 4. The van der Waals surface area contributed by atoms with Gasteiger partial charge in [-0.05, 0) is 47.5 Å². The molecule has 32 heavy (non-hydrogen) atoms. The monoisotopic (exact) mass is 542 g/mol. The summed E-state index contributed by atoms with van der Waals surface area (Å²) in [5, 5.41) is 0. The number of rotatable bonds is 4. The lowest BCUT2D eigenvalue weighted by Gasteiger charge is -2.35. The van der Waals surface area contributed by atoms with Gasteiger partial charge in [0.2, 0.25) is 0 Å². The molecule has 0 unspecified atom stereocenters. The molecule has 0 saturated heterocycles. The van der Waals surface area contributed by atoms with Crippen LogP contribution in [0.4, 0.5) is 0 Å². The number of halogens is 2. The van der Waals surface area contributed by atoms with Crippen molar-refractivity contribution >= 4 is 43.4 Å². The smallest absolute Gasteiger partial charge is 0.132 e.